The summed E-state index contributed by atoms with van der Waals surface area (Å²) in [6, 6.07) is 11.2. The van der Waals surface area contributed by atoms with E-state index in [-0.39, 0.29) is 0 Å². The number of anilines is 2. The van der Waals surface area contributed by atoms with Gasteiger partial charge in [-0.1, -0.05) is 29.3 Å². The molecule has 1 heterocycles. The van der Waals surface area contributed by atoms with E-state index in [2.05, 4.69) is 10.3 Å². The zero-order chi connectivity index (χ0) is 11.5. The molecule has 0 radical (unpaired) electrons. The Kier molecular flexibility index (Phi) is 3.32. The first-order chi connectivity index (χ1) is 7.63. The number of hydrogen-bond donors (Lipinski definition) is 1. The molecule has 0 spiro atoms. The van der Waals surface area contributed by atoms with Crippen LogP contribution in [0, 0.1) is 6.92 Å². The quantitative estimate of drug-likeness (QED) is 0.800. The van der Waals surface area contributed by atoms with Crippen molar-refractivity contribution in [1.82, 2.24) is 4.98 Å². The van der Waals surface area contributed by atoms with E-state index in [0.29, 0.717) is 16.0 Å². The number of hydrogen-bond acceptors (Lipinski definition) is 2. The van der Waals surface area contributed by atoms with Gasteiger partial charge < -0.3 is 5.32 Å². The van der Waals surface area contributed by atoms with E-state index in [1.807, 2.05) is 43.3 Å². The molecule has 0 saturated carbocycles. The van der Waals surface area contributed by atoms with Crippen LogP contribution in [0.25, 0.3) is 0 Å². The largest absolute Gasteiger partial charge is 0.340 e. The third kappa shape index (κ3) is 2.87. The van der Waals surface area contributed by atoms with Crippen LogP contribution in [0.5, 0.6) is 0 Å². The first kappa shape index (κ1) is 11.2. The van der Waals surface area contributed by atoms with E-state index in [1.54, 1.807) is 0 Å². The fourth-order valence-corrected chi connectivity index (χ4v) is 1.86. The van der Waals surface area contributed by atoms with Gasteiger partial charge in [-0.05, 0) is 42.8 Å². The third-order valence-corrected chi connectivity index (χ3v) is 2.46. The molecule has 1 aromatic heterocycles. The smallest absolute Gasteiger partial charge is 0.132 e. The van der Waals surface area contributed by atoms with Crippen LogP contribution in [0.4, 0.5) is 11.5 Å². The maximum Gasteiger partial charge on any atom is 0.132 e. The number of nitrogens with one attached hydrogen (secondary N) is 1. The summed E-state index contributed by atoms with van der Waals surface area (Å²) in [6.07, 6.45) is 0. The summed E-state index contributed by atoms with van der Waals surface area (Å²) in [5.41, 5.74) is 1.95. The molecule has 0 unspecified atom stereocenters. The second-order valence-electron chi connectivity index (χ2n) is 3.49. The van der Waals surface area contributed by atoms with E-state index in [1.165, 1.54) is 0 Å². The number of nitrogens with zero attached hydrogens (tertiary/aromatic N) is 1. The molecule has 2 nitrogen and oxygen atoms in total. The van der Waals surface area contributed by atoms with Gasteiger partial charge in [-0.25, -0.2) is 4.98 Å². The first-order valence-electron chi connectivity index (χ1n) is 4.80. The van der Waals surface area contributed by atoms with Gasteiger partial charge in [0, 0.05) is 10.7 Å². The maximum atomic E-state index is 5.89. The second-order valence-corrected chi connectivity index (χ2v) is 4.31. The Morgan fingerprint density at radius 1 is 1.12 bits per heavy atom. The molecule has 0 aliphatic rings. The second kappa shape index (κ2) is 4.73. The normalized spacial score (nSPS) is 10.2. The third-order valence-electron chi connectivity index (χ3n) is 2.04. The number of aromatic nitrogens is 1. The summed E-state index contributed by atoms with van der Waals surface area (Å²) in [7, 11) is 0. The summed E-state index contributed by atoms with van der Waals surface area (Å²) in [6.45, 7) is 1.97. The molecule has 16 heavy (non-hydrogen) atoms. The molecule has 0 saturated heterocycles. The molecule has 4 heteroatoms. The summed E-state index contributed by atoms with van der Waals surface area (Å²) in [4.78, 5) is 4.17. The lowest BCUT2D eigenvalue weighted by Gasteiger charge is -2.07. The van der Waals surface area contributed by atoms with Gasteiger partial charge in [-0.15, -0.1) is 0 Å². The van der Waals surface area contributed by atoms with Crippen molar-refractivity contribution >= 4 is 34.7 Å². The highest BCUT2D eigenvalue weighted by molar-refractivity contribution is 6.30. The highest BCUT2D eigenvalue weighted by atomic mass is 35.5. The zero-order valence-electron chi connectivity index (χ0n) is 8.67. The Hall–Kier alpha value is -1.25. The summed E-state index contributed by atoms with van der Waals surface area (Å²) < 4.78 is 0. The summed E-state index contributed by atoms with van der Waals surface area (Å²) >= 11 is 11.8. The van der Waals surface area contributed by atoms with Gasteiger partial charge in [0.05, 0.1) is 0 Å². The Morgan fingerprint density at radius 3 is 2.62 bits per heavy atom. The monoisotopic (exact) mass is 252 g/mol. The van der Waals surface area contributed by atoms with E-state index >= 15 is 0 Å². The van der Waals surface area contributed by atoms with Gasteiger partial charge in [0.1, 0.15) is 11.0 Å². The minimum Gasteiger partial charge on any atom is -0.340 e. The topological polar surface area (TPSA) is 24.9 Å². The standard InChI is InChI=1S/C12H10Cl2N2/c1-8-5-11(14)16-12(6-8)15-10-4-2-3-9(13)7-10/h2-7H,1H3,(H,15,16). The number of rotatable bonds is 2. The van der Waals surface area contributed by atoms with Crippen molar-refractivity contribution in [2.24, 2.45) is 0 Å². The molecule has 0 fully saturated rings. The van der Waals surface area contributed by atoms with Crippen LogP contribution in [0.3, 0.4) is 0 Å². The Balaban J connectivity index is 2.27. The van der Waals surface area contributed by atoms with E-state index in [9.17, 15) is 0 Å². The van der Waals surface area contributed by atoms with Crippen molar-refractivity contribution in [2.75, 3.05) is 5.32 Å². The van der Waals surface area contributed by atoms with Crippen LogP contribution in [0.15, 0.2) is 36.4 Å². The predicted octanol–water partition coefficient (Wildman–Crippen LogP) is 4.44. The van der Waals surface area contributed by atoms with Crippen LogP contribution in [0.1, 0.15) is 5.56 Å². The van der Waals surface area contributed by atoms with Gasteiger partial charge in [0.15, 0.2) is 0 Å². The van der Waals surface area contributed by atoms with Gasteiger partial charge in [-0.2, -0.15) is 0 Å². The number of aryl methyl sites for hydroxylation is 1. The van der Waals surface area contributed by atoms with Crippen molar-refractivity contribution in [1.29, 1.82) is 0 Å². The molecule has 0 aliphatic carbocycles. The van der Waals surface area contributed by atoms with Crippen molar-refractivity contribution in [2.45, 2.75) is 6.92 Å². The van der Waals surface area contributed by atoms with Crippen molar-refractivity contribution in [3.05, 3.63) is 52.1 Å². The average molecular weight is 253 g/mol. The Labute approximate surface area is 104 Å². The van der Waals surface area contributed by atoms with Crippen molar-refractivity contribution in [3.63, 3.8) is 0 Å². The van der Waals surface area contributed by atoms with Crippen LogP contribution in [0.2, 0.25) is 10.2 Å². The van der Waals surface area contributed by atoms with Gasteiger partial charge in [-0.3, -0.25) is 0 Å². The highest BCUT2D eigenvalue weighted by Crippen LogP contribution is 2.21. The molecule has 82 valence electrons. The summed E-state index contributed by atoms with van der Waals surface area (Å²) in [5.74, 6) is 0.715. The zero-order valence-corrected chi connectivity index (χ0v) is 10.2. The predicted molar refractivity (Wildman–Crippen MR) is 68.7 cm³/mol. The molecule has 0 aliphatic heterocycles. The molecule has 1 aromatic carbocycles. The maximum absolute atomic E-state index is 5.89. The molecule has 1 N–H and O–H groups in total. The molecule has 2 rings (SSSR count). The Morgan fingerprint density at radius 2 is 1.94 bits per heavy atom. The van der Waals surface area contributed by atoms with E-state index in [0.717, 1.165) is 11.3 Å². The van der Waals surface area contributed by atoms with E-state index in [4.69, 9.17) is 23.2 Å². The lowest BCUT2D eigenvalue weighted by molar-refractivity contribution is 1.27. The van der Waals surface area contributed by atoms with Crippen LogP contribution in [-0.2, 0) is 0 Å². The molecule has 2 aromatic rings. The molecule has 0 bridgehead atoms. The van der Waals surface area contributed by atoms with Crippen LogP contribution >= 0.6 is 23.2 Å². The minimum atomic E-state index is 0.476. The van der Waals surface area contributed by atoms with Gasteiger partial charge in [0.2, 0.25) is 0 Å². The van der Waals surface area contributed by atoms with Crippen LogP contribution in [-0.4, -0.2) is 4.98 Å². The minimum absolute atomic E-state index is 0.476. The molecule has 0 atom stereocenters. The SMILES string of the molecule is Cc1cc(Cl)nc(Nc2cccc(Cl)c2)c1. The highest BCUT2D eigenvalue weighted by Gasteiger charge is 1.99. The lowest BCUT2D eigenvalue weighted by atomic mass is 10.3. The number of pyridine rings is 1. The van der Waals surface area contributed by atoms with Gasteiger partial charge >= 0.3 is 0 Å². The van der Waals surface area contributed by atoms with Crippen molar-refractivity contribution in [3.8, 4) is 0 Å². The molecular weight excluding hydrogens is 243 g/mol. The number of halogens is 2. The van der Waals surface area contributed by atoms with Gasteiger partial charge in [0.25, 0.3) is 0 Å². The molecule has 0 amide bonds. The molecular formula is C12H10Cl2N2. The first-order valence-corrected chi connectivity index (χ1v) is 5.56. The fourth-order valence-electron chi connectivity index (χ4n) is 1.40. The number of benzene rings is 1. The summed E-state index contributed by atoms with van der Waals surface area (Å²) in [5, 5.41) is 4.31. The fraction of sp³-hybridized carbons (Fsp3) is 0.0833. The van der Waals surface area contributed by atoms with E-state index < -0.39 is 0 Å². The van der Waals surface area contributed by atoms with Crippen molar-refractivity contribution < 1.29 is 0 Å². The Bertz CT molecular complexity index is 492. The lowest BCUT2D eigenvalue weighted by Crippen LogP contribution is -1.94. The van der Waals surface area contributed by atoms with Crippen LogP contribution < -0.4 is 5.32 Å². The average Bonchev–Trinajstić information content (AvgIpc) is 2.15.